The van der Waals surface area contributed by atoms with Crippen LogP contribution in [0.3, 0.4) is 0 Å². The summed E-state index contributed by atoms with van der Waals surface area (Å²) in [6.45, 7) is 4.42. The highest BCUT2D eigenvalue weighted by Crippen LogP contribution is 2.29. The van der Waals surface area contributed by atoms with E-state index in [1.807, 2.05) is 0 Å². The molecule has 0 radical (unpaired) electrons. The zero-order chi connectivity index (χ0) is 18.4. The van der Waals surface area contributed by atoms with Crippen LogP contribution in [0.1, 0.15) is 31.2 Å². The molecule has 7 heteroatoms. The Labute approximate surface area is 150 Å². The summed E-state index contributed by atoms with van der Waals surface area (Å²) in [5.41, 5.74) is 1.28. The Morgan fingerprint density at radius 1 is 1.23 bits per heavy atom. The van der Waals surface area contributed by atoms with Crippen LogP contribution >= 0.6 is 0 Å². The highest BCUT2D eigenvalue weighted by atomic mass is 19.1. The standard InChI is InChI=1S/C19H20FN3O3/c1-11-18(24)22-9-3-4-16(22)19(25)23(11)10-15-12(2)26-17(21-15)13-5-7-14(20)8-6-13/h5-8,11,16H,3-4,9-10H2,1-2H3/t11-,16+/m0/s1. The number of piperazine rings is 1. The molecule has 136 valence electrons. The normalized spacial score (nSPS) is 22.9. The van der Waals surface area contributed by atoms with Gasteiger partial charge >= 0.3 is 0 Å². The van der Waals surface area contributed by atoms with Gasteiger partial charge in [-0.1, -0.05) is 0 Å². The van der Waals surface area contributed by atoms with Gasteiger partial charge in [-0.15, -0.1) is 0 Å². The van der Waals surface area contributed by atoms with Crippen LogP contribution in [-0.2, 0) is 16.1 Å². The maximum absolute atomic E-state index is 13.1. The van der Waals surface area contributed by atoms with Crippen LogP contribution in [0, 0.1) is 12.7 Å². The lowest BCUT2D eigenvalue weighted by molar-refractivity contribution is -0.159. The number of hydrogen-bond acceptors (Lipinski definition) is 4. The fourth-order valence-corrected chi connectivity index (χ4v) is 3.71. The third-order valence-corrected chi connectivity index (χ3v) is 5.23. The topological polar surface area (TPSA) is 66.7 Å². The molecule has 6 nitrogen and oxygen atoms in total. The first-order valence-electron chi connectivity index (χ1n) is 8.79. The number of hydrogen-bond donors (Lipinski definition) is 0. The van der Waals surface area contributed by atoms with Crippen molar-refractivity contribution in [1.29, 1.82) is 0 Å². The molecule has 2 amide bonds. The summed E-state index contributed by atoms with van der Waals surface area (Å²) in [4.78, 5) is 33.1. The predicted molar refractivity (Wildman–Crippen MR) is 91.4 cm³/mol. The number of amides is 2. The molecule has 0 bridgehead atoms. The van der Waals surface area contributed by atoms with Crippen LogP contribution < -0.4 is 0 Å². The van der Waals surface area contributed by atoms with E-state index in [-0.39, 0.29) is 30.2 Å². The predicted octanol–water partition coefficient (Wildman–Crippen LogP) is 2.51. The first kappa shape index (κ1) is 16.8. The van der Waals surface area contributed by atoms with E-state index in [0.29, 0.717) is 35.9 Å². The van der Waals surface area contributed by atoms with Gasteiger partial charge in [0, 0.05) is 12.1 Å². The molecule has 2 aromatic rings. The van der Waals surface area contributed by atoms with Crippen LogP contribution in [-0.4, -0.2) is 45.2 Å². The van der Waals surface area contributed by atoms with Crippen LogP contribution in [0.25, 0.3) is 11.5 Å². The molecule has 2 aliphatic heterocycles. The van der Waals surface area contributed by atoms with Crippen molar-refractivity contribution < 1.29 is 18.4 Å². The van der Waals surface area contributed by atoms with Crippen molar-refractivity contribution >= 4 is 11.8 Å². The third-order valence-electron chi connectivity index (χ3n) is 5.23. The highest BCUT2D eigenvalue weighted by Gasteiger charge is 2.46. The monoisotopic (exact) mass is 357 g/mol. The van der Waals surface area contributed by atoms with Gasteiger partial charge < -0.3 is 14.2 Å². The van der Waals surface area contributed by atoms with Crippen LogP contribution in [0.5, 0.6) is 0 Å². The lowest BCUT2D eigenvalue weighted by atomic mass is 10.1. The molecule has 0 saturated carbocycles. The van der Waals surface area contributed by atoms with Crippen LogP contribution in [0.15, 0.2) is 28.7 Å². The van der Waals surface area contributed by atoms with Crippen molar-refractivity contribution in [3.8, 4) is 11.5 Å². The molecule has 0 spiro atoms. The second kappa shape index (κ2) is 6.23. The third kappa shape index (κ3) is 2.67. The van der Waals surface area contributed by atoms with Crippen LogP contribution in [0.2, 0.25) is 0 Å². The number of benzene rings is 1. The summed E-state index contributed by atoms with van der Waals surface area (Å²) < 4.78 is 18.8. The molecule has 1 aromatic carbocycles. The Balaban J connectivity index is 1.59. The summed E-state index contributed by atoms with van der Waals surface area (Å²) in [6.07, 6.45) is 1.58. The molecule has 2 fully saturated rings. The molecule has 0 N–H and O–H groups in total. The molecule has 0 unspecified atom stereocenters. The minimum Gasteiger partial charge on any atom is -0.441 e. The van der Waals surface area contributed by atoms with Gasteiger partial charge in [0.2, 0.25) is 17.7 Å². The average molecular weight is 357 g/mol. The Morgan fingerprint density at radius 2 is 1.96 bits per heavy atom. The summed E-state index contributed by atoms with van der Waals surface area (Å²) in [5, 5.41) is 0. The zero-order valence-electron chi connectivity index (χ0n) is 14.7. The van der Waals surface area contributed by atoms with E-state index < -0.39 is 6.04 Å². The Morgan fingerprint density at radius 3 is 2.69 bits per heavy atom. The van der Waals surface area contributed by atoms with Gasteiger partial charge in [-0.05, 0) is 51.0 Å². The van der Waals surface area contributed by atoms with E-state index in [2.05, 4.69) is 4.98 Å². The van der Waals surface area contributed by atoms with Crippen molar-refractivity contribution in [1.82, 2.24) is 14.8 Å². The van der Waals surface area contributed by atoms with E-state index >= 15 is 0 Å². The lowest BCUT2D eigenvalue weighted by Gasteiger charge is -2.40. The van der Waals surface area contributed by atoms with E-state index in [1.54, 1.807) is 35.8 Å². The van der Waals surface area contributed by atoms with Gasteiger partial charge in [0.15, 0.2) is 0 Å². The number of carbonyl (C=O) groups excluding carboxylic acids is 2. The van der Waals surface area contributed by atoms with E-state index in [1.165, 1.54) is 12.1 Å². The number of oxazole rings is 1. The number of rotatable bonds is 3. The maximum atomic E-state index is 13.1. The first-order valence-corrected chi connectivity index (χ1v) is 8.79. The maximum Gasteiger partial charge on any atom is 0.246 e. The summed E-state index contributed by atoms with van der Waals surface area (Å²) in [5.74, 6) is 0.603. The fraction of sp³-hybridized carbons (Fsp3) is 0.421. The largest absolute Gasteiger partial charge is 0.441 e. The number of carbonyl (C=O) groups is 2. The molecule has 2 aliphatic rings. The second-order valence-corrected chi connectivity index (χ2v) is 6.86. The molecule has 4 rings (SSSR count). The van der Waals surface area contributed by atoms with Crippen molar-refractivity contribution in [2.75, 3.05) is 6.54 Å². The minimum absolute atomic E-state index is 0.00740. The number of aryl methyl sites for hydroxylation is 1. The SMILES string of the molecule is Cc1oc(-c2ccc(F)cc2)nc1CN1C(=O)[C@H]2CCCN2C(=O)[C@@H]1C. The molecule has 1 aromatic heterocycles. The molecule has 0 aliphatic carbocycles. The lowest BCUT2D eigenvalue weighted by Crippen LogP contribution is -2.61. The second-order valence-electron chi connectivity index (χ2n) is 6.86. The van der Waals surface area contributed by atoms with E-state index in [0.717, 1.165) is 6.42 Å². The van der Waals surface area contributed by atoms with Gasteiger partial charge in [0.05, 0.1) is 6.54 Å². The van der Waals surface area contributed by atoms with E-state index in [9.17, 15) is 14.0 Å². The Hall–Kier alpha value is -2.70. The van der Waals surface area contributed by atoms with Crippen molar-refractivity contribution in [3.05, 3.63) is 41.5 Å². The van der Waals surface area contributed by atoms with E-state index in [4.69, 9.17) is 4.42 Å². The smallest absolute Gasteiger partial charge is 0.246 e. The summed E-state index contributed by atoms with van der Waals surface area (Å²) >= 11 is 0. The van der Waals surface area contributed by atoms with Gasteiger partial charge in [-0.3, -0.25) is 9.59 Å². The van der Waals surface area contributed by atoms with Gasteiger partial charge in [-0.25, -0.2) is 9.37 Å². The average Bonchev–Trinajstić information content (AvgIpc) is 3.25. The Kier molecular flexibility index (Phi) is 4.01. The molecule has 2 atom stereocenters. The van der Waals surface area contributed by atoms with Crippen molar-refractivity contribution in [2.45, 2.75) is 45.3 Å². The van der Waals surface area contributed by atoms with Gasteiger partial charge in [0.1, 0.15) is 29.4 Å². The number of halogens is 1. The Bertz CT molecular complexity index is 861. The molecule has 26 heavy (non-hydrogen) atoms. The minimum atomic E-state index is -0.512. The fourth-order valence-electron chi connectivity index (χ4n) is 3.71. The molecule has 3 heterocycles. The van der Waals surface area contributed by atoms with Crippen LogP contribution in [0.4, 0.5) is 4.39 Å². The highest BCUT2D eigenvalue weighted by molar-refractivity contribution is 5.97. The first-order chi connectivity index (χ1) is 12.5. The summed E-state index contributed by atoms with van der Waals surface area (Å²) in [6, 6.07) is 5.03. The van der Waals surface area contributed by atoms with Gasteiger partial charge in [0.25, 0.3) is 0 Å². The quantitative estimate of drug-likeness (QED) is 0.847. The molecular formula is C19H20FN3O3. The number of aromatic nitrogens is 1. The zero-order valence-corrected chi connectivity index (χ0v) is 14.7. The van der Waals surface area contributed by atoms with Gasteiger partial charge in [-0.2, -0.15) is 0 Å². The van der Waals surface area contributed by atoms with Crippen molar-refractivity contribution in [2.24, 2.45) is 0 Å². The van der Waals surface area contributed by atoms with Crippen molar-refractivity contribution in [3.63, 3.8) is 0 Å². The summed E-state index contributed by atoms with van der Waals surface area (Å²) in [7, 11) is 0. The number of fused-ring (bicyclic) bond motifs is 1. The molecule has 2 saturated heterocycles. The molecular weight excluding hydrogens is 337 g/mol. The number of nitrogens with zero attached hydrogens (tertiary/aromatic N) is 3.